The van der Waals surface area contributed by atoms with Gasteiger partial charge in [0.15, 0.2) is 15.4 Å². The van der Waals surface area contributed by atoms with Gasteiger partial charge in [0.25, 0.3) is 0 Å². The second-order valence-electron chi connectivity index (χ2n) is 6.72. The quantitative estimate of drug-likeness (QED) is 0.797. The van der Waals surface area contributed by atoms with Gasteiger partial charge in [-0.2, -0.15) is 0 Å². The molecule has 0 radical (unpaired) electrons. The molecule has 1 aromatic heterocycles. The van der Waals surface area contributed by atoms with Crippen LogP contribution in [0.5, 0.6) is 0 Å². The van der Waals surface area contributed by atoms with Crippen LogP contribution in [0.1, 0.15) is 40.5 Å². The predicted octanol–water partition coefficient (Wildman–Crippen LogP) is 3.53. The first-order valence-electron chi connectivity index (χ1n) is 6.72. The Morgan fingerprint density at radius 1 is 1.18 bits per heavy atom. The van der Waals surface area contributed by atoms with Crippen molar-refractivity contribution in [2.45, 2.75) is 49.7 Å². The van der Waals surface area contributed by atoms with E-state index in [1.54, 1.807) is 6.07 Å². The number of rotatable bonds is 3. The molecule has 0 bridgehead atoms. The van der Waals surface area contributed by atoms with Crippen LogP contribution in [0.15, 0.2) is 21.4 Å². The van der Waals surface area contributed by atoms with Crippen LogP contribution in [0.4, 0.5) is 0 Å². The molecule has 0 amide bonds. The van der Waals surface area contributed by atoms with Crippen molar-refractivity contribution in [3.8, 4) is 0 Å². The first-order chi connectivity index (χ1) is 9.91. The molecule has 2 rings (SSSR count). The molecule has 0 atom stereocenters. The van der Waals surface area contributed by atoms with Gasteiger partial charge in [-0.05, 0) is 26.0 Å². The van der Waals surface area contributed by atoms with Crippen molar-refractivity contribution < 1.29 is 17.6 Å². The van der Waals surface area contributed by atoms with Gasteiger partial charge < -0.3 is 9.21 Å². The highest BCUT2D eigenvalue weighted by Gasteiger charge is 2.40. The molecular formula is C15H18ClNO4S. The van der Waals surface area contributed by atoms with E-state index in [1.807, 2.05) is 20.8 Å². The molecule has 120 valence electrons. The molecule has 0 aliphatic carbocycles. The lowest BCUT2D eigenvalue weighted by molar-refractivity contribution is -0.109. The van der Waals surface area contributed by atoms with E-state index >= 15 is 0 Å². The fourth-order valence-corrected chi connectivity index (χ4v) is 3.66. The van der Waals surface area contributed by atoms with Gasteiger partial charge in [0.1, 0.15) is 21.4 Å². The van der Waals surface area contributed by atoms with Gasteiger partial charge in [-0.3, -0.25) is 0 Å². The normalized spacial score (nSPS) is 13.5. The van der Waals surface area contributed by atoms with Crippen molar-refractivity contribution in [1.29, 1.82) is 0 Å². The average molecular weight is 344 g/mol. The van der Waals surface area contributed by atoms with Gasteiger partial charge in [-0.1, -0.05) is 32.4 Å². The molecule has 0 saturated carbocycles. The zero-order valence-corrected chi connectivity index (χ0v) is 14.7. The van der Waals surface area contributed by atoms with Gasteiger partial charge in [0.05, 0.1) is 5.02 Å². The number of hydrogen-bond acceptors (Lipinski definition) is 5. The Balaban J connectivity index is 2.87. The van der Waals surface area contributed by atoms with Crippen LogP contribution >= 0.6 is 11.6 Å². The number of fused-ring (bicyclic) bond motifs is 1. The number of sulfone groups is 1. The fraction of sp³-hybridized carbons (Fsp3) is 0.467. The number of hydrogen-bond donors (Lipinski definition) is 0. The topological polar surface area (TPSA) is 77.2 Å². The summed E-state index contributed by atoms with van der Waals surface area (Å²) in [6, 6.07) is 3.05. The molecule has 0 fully saturated rings. The number of oxazole rings is 1. The smallest absolute Gasteiger partial charge is 0.200 e. The van der Waals surface area contributed by atoms with E-state index in [9.17, 15) is 13.2 Å². The summed E-state index contributed by atoms with van der Waals surface area (Å²) in [6.45, 7) is 8.37. The minimum absolute atomic E-state index is 0.0130. The second-order valence-corrected chi connectivity index (χ2v) is 9.59. The summed E-state index contributed by atoms with van der Waals surface area (Å²) in [5, 5.41) is 0.0130. The number of benzene rings is 1. The van der Waals surface area contributed by atoms with Gasteiger partial charge in [0.2, 0.25) is 5.89 Å². The Morgan fingerprint density at radius 2 is 1.77 bits per heavy atom. The molecule has 7 heteroatoms. The first kappa shape index (κ1) is 17.0. The fourth-order valence-electron chi connectivity index (χ4n) is 1.84. The maximum absolute atomic E-state index is 12.8. The van der Waals surface area contributed by atoms with Crippen molar-refractivity contribution in [2.75, 3.05) is 0 Å². The Kier molecular flexibility index (Phi) is 3.90. The van der Waals surface area contributed by atoms with E-state index in [4.69, 9.17) is 16.0 Å². The van der Waals surface area contributed by atoms with Crippen LogP contribution in [0.3, 0.4) is 0 Å². The summed E-state index contributed by atoms with van der Waals surface area (Å²) in [6.07, 6.45) is 0.387. The lowest BCUT2D eigenvalue weighted by atomic mass is 9.97. The molecule has 0 unspecified atom stereocenters. The molecule has 1 aromatic carbocycles. The van der Waals surface area contributed by atoms with Crippen molar-refractivity contribution in [2.24, 2.45) is 0 Å². The summed E-state index contributed by atoms with van der Waals surface area (Å²) in [7, 11) is -4.01. The number of aldehydes is 1. The molecule has 0 aliphatic heterocycles. The summed E-state index contributed by atoms with van der Waals surface area (Å²) in [5.41, 5.74) is 0.106. The Bertz CT molecular complexity index is 844. The molecule has 22 heavy (non-hydrogen) atoms. The summed E-state index contributed by atoms with van der Waals surface area (Å²) >= 11 is 6.09. The molecule has 0 spiro atoms. The number of carbonyl (C=O) groups is 1. The zero-order valence-electron chi connectivity index (χ0n) is 13.1. The SMILES string of the molecule is CC(C)(C)c1nc2ccc(Cl)c(S(=O)(=O)C(C)(C)C=O)c2o1. The number of nitrogens with zero attached hydrogens (tertiary/aromatic N) is 1. The van der Waals surface area contributed by atoms with Crippen LogP contribution in [-0.2, 0) is 20.0 Å². The molecule has 0 saturated heterocycles. The third kappa shape index (κ3) is 2.54. The van der Waals surface area contributed by atoms with Gasteiger partial charge in [-0.15, -0.1) is 0 Å². The van der Waals surface area contributed by atoms with Crippen LogP contribution in [0, 0.1) is 0 Å². The molecule has 1 heterocycles. The van der Waals surface area contributed by atoms with E-state index in [1.165, 1.54) is 19.9 Å². The van der Waals surface area contributed by atoms with Crippen molar-refractivity contribution in [3.63, 3.8) is 0 Å². The Hall–Kier alpha value is -1.40. The maximum Gasteiger partial charge on any atom is 0.200 e. The van der Waals surface area contributed by atoms with Crippen molar-refractivity contribution >= 4 is 38.8 Å². The second kappa shape index (κ2) is 5.06. The highest BCUT2D eigenvalue weighted by atomic mass is 35.5. The molecular weight excluding hydrogens is 326 g/mol. The average Bonchev–Trinajstić information content (AvgIpc) is 2.81. The molecule has 0 N–H and O–H groups in total. The summed E-state index contributed by atoms with van der Waals surface area (Å²) in [5.74, 6) is 0.408. The molecule has 2 aromatic rings. The summed E-state index contributed by atoms with van der Waals surface area (Å²) < 4.78 is 29.6. The van der Waals surface area contributed by atoms with E-state index < -0.39 is 14.6 Å². The van der Waals surface area contributed by atoms with Crippen molar-refractivity contribution in [1.82, 2.24) is 4.98 Å². The molecule has 5 nitrogen and oxygen atoms in total. The van der Waals surface area contributed by atoms with E-state index in [0.29, 0.717) is 17.7 Å². The highest BCUT2D eigenvalue weighted by molar-refractivity contribution is 7.93. The Labute approximate surface area is 134 Å². The van der Waals surface area contributed by atoms with Crippen LogP contribution in [0.25, 0.3) is 11.1 Å². The largest absolute Gasteiger partial charge is 0.439 e. The number of carbonyl (C=O) groups excluding carboxylic acids is 1. The lowest BCUT2D eigenvalue weighted by Crippen LogP contribution is -2.33. The number of aromatic nitrogens is 1. The van der Waals surface area contributed by atoms with Crippen LogP contribution in [-0.4, -0.2) is 24.4 Å². The van der Waals surface area contributed by atoms with Crippen LogP contribution in [0.2, 0.25) is 5.02 Å². The minimum atomic E-state index is -4.01. The summed E-state index contributed by atoms with van der Waals surface area (Å²) in [4.78, 5) is 15.3. The van der Waals surface area contributed by atoms with Gasteiger partial charge in [0, 0.05) is 5.41 Å². The van der Waals surface area contributed by atoms with Crippen LogP contribution < -0.4 is 0 Å². The van der Waals surface area contributed by atoms with Gasteiger partial charge >= 0.3 is 0 Å². The third-order valence-corrected chi connectivity index (χ3v) is 6.20. The zero-order chi connectivity index (χ0) is 16.9. The molecule has 0 aliphatic rings. The maximum atomic E-state index is 12.8. The van der Waals surface area contributed by atoms with E-state index in [2.05, 4.69) is 4.98 Å². The van der Waals surface area contributed by atoms with Crippen molar-refractivity contribution in [3.05, 3.63) is 23.0 Å². The monoisotopic (exact) mass is 343 g/mol. The Morgan fingerprint density at radius 3 is 2.27 bits per heavy atom. The van der Waals surface area contributed by atoms with E-state index in [-0.39, 0.29) is 20.9 Å². The first-order valence-corrected chi connectivity index (χ1v) is 8.58. The van der Waals surface area contributed by atoms with E-state index in [0.717, 1.165) is 0 Å². The van der Waals surface area contributed by atoms with Gasteiger partial charge in [-0.25, -0.2) is 13.4 Å². The predicted molar refractivity (Wildman–Crippen MR) is 85.0 cm³/mol. The highest BCUT2D eigenvalue weighted by Crippen LogP contribution is 2.37. The third-order valence-electron chi connectivity index (χ3n) is 3.35. The standard InChI is InChI=1S/C15H18ClNO4S/c1-14(2,3)13-17-10-7-6-9(16)12(11(10)21-13)22(19,20)15(4,5)8-18/h6-8H,1-5H3. The lowest BCUT2D eigenvalue weighted by Gasteiger charge is -2.18. The number of halogens is 1. The minimum Gasteiger partial charge on any atom is -0.439 e.